The predicted octanol–water partition coefficient (Wildman–Crippen LogP) is 5.28. The molecule has 1 fully saturated rings. The van der Waals surface area contributed by atoms with Gasteiger partial charge in [-0.2, -0.15) is 0 Å². The van der Waals surface area contributed by atoms with Crippen LogP contribution >= 0.6 is 0 Å². The van der Waals surface area contributed by atoms with E-state index >= 15 is 0 Å². The van der Waals surface area contributed by atoms with Crippen molar-refractivity contribution in [2.75, 3.05) is 0 Å². The summed E-state index contributed by atoms with van der Waals surface area (Å²) in [4.78, 5) is 0. The number of hydrogen-bond acceptors (Lipinski definition) is 0. The van der Waals surface area contributed by atoms with Gasteiger partial charge in [-0.25, -0.2) is 0 Å². The molecule has 0 spiro atoms. The predicted molar refractivity (Wildman–Crippen MR) is 69.0 cm³/mol. The lowest BCUT2D eigenvalue weighted by Gasteiger charge is -2.52. The molecule has 0 N–H and O–H groups in total. The van der Waals surface area contributed by atoms with Crippen LogP contribution in [-0.2, 0) is 0 Å². The van der Waals surface area contributed by atoms with Crippen LogP contribution in [0.5, 0.6) is 0 Å². The second-order valence-corrected chi connectivity index (χ2v) is 6.57. The molecule has 0 aliphatic heterocycles. The van der Waals surface area contributed by atoms with Crippen LogP contribution in [0, 0.1) is 22.7 Å². The highest BCUT2D eigenvalue weighted by atomic mass is 14.5. The fraction of sp³-hybridized carbons (Fsp3) is 1.00. The maximum Gasteiger partial charge on any atom is -0.0274 e. The van der Waals surface area contributed by atoms with Gasteiger partial charge in [-0.1, -0.05) is 54.4 Å². The molecule has 0 nitrogen and oxygen atoms in total. The summed E-state index contributed by atoms with van der Waals surface area (Å²) in [5.41, 5.74) is 1.23. The second kappa shape index (κ2) is 4.47. The summed E-state index contributed by atoms with van der Waals surface area (Å²) < 4.78 is 0. The van der Waals surface area contributed by atoms with E-state index < -0.39 is 0 Å². The van der Waals surface area contributed by atoms with Gasteiger partial charge in [0.1, 0.15) is 0 Å². The Bertz CT molecular complexity index is 202. The van der Waals surface area contributed by atoms with Crippen LogP contribution in [0.3, 0.4) is 0 Å². The minimum Gasteiger partial charge on any atom is -0.0649 e. The molecule has 0 aromatic heterocycles. The Kier molecular flexibility index (Phi) is 3.90. The van der Waals surface area contributed by atoms with Crippen LogP contribution in [0.1, 0.15) is 73.6 Å². The van der Waals surface area contributed by atoms with E-state index in [-0.39, 0.29) is 0 Å². The van der Waals surface area contributed by atoms with Crippen molar-refractivity contribution in [1.82, 2.24) is 0 Å². The van der Waals surface area contributed by atoms with Crippen molar-refractivity contribution in [3.05, 3.63) is 0 Å². The van der Waals surface area contributed by atoms with Crippen LogP contribution < -0.4 is 0 Å². The summed E-state index contributed by atoms with van der Waals surface area (Å²) in [7, 11) is 0. The Morgan fingerprint density at radius 1 is 1.33 bits per heavy atom. The van der Waals surface area contributed by atoms with Gasteiger partial charge in [-0.3, -0.25) is 0 Å². The Morgan fingerprint density at radius 2 is 1.87 bits per heavy atom. The Hall–Kier alpha value is 0. The van der Waals surface area contributed by atoms with Crippen LogP contribution in [-0.4, -0.2) is 0 Å². The first-order chi connectivity index (χ1) is 6.88. The van der Waals surface area contributed by atoms with Gasteiger partial charge in [0.15, 0.2) is 0 Å². The van der Waals surface area contributed by atoms with Gasteiger partial charge in [-0.05, 0) is 41.9 Å². The van der Waals surface area contributed by atoms with Gasteiger partial charge >= 0.3 is 0 Å². The molecule has 3 unspecified atom stereocenters. The molecule has 1 saturated carbocycles. The highest BCUT2D eigenvalue weighted by Gasteiger charge is 2.44. The third kappa shape index (κ3) is 2.40. The fourth-order valence-corrected chi connectivity index (χ4v) is 3.13. The smallest absolute Gasteiger partial charge is 0.0274 e. The first kappa shape index (κ1) is 13.1. The summed E-state index contributed by atoms with van der Waals surface area (Å²) >= 11 is 0. The molecule has 0 heteroatoms. The van der Waals surface area contributed by atoms with Crippen molar-refractivity contribution < 1.29 is 0 Å². The molecular formula is C15H30. The molecule has 0 amide bonds. The van der Waals surface area contributed by atoms with Crippen LogP contribution in [0.25, 0.3) is 0 Å². The molecule has 1 rings (SSSR count). The van der Waals surface area contributed by atoms with Gasteiger partial charge in [0.05, 0.1) is 0 Å². The minimum absolute atomic E-state index is 0.581. The van der Waals surface area contributed by atoms with E-state index in [0.29, 0.717) is 10.8 Å². The lowest BCUT2D eigenvalue weighted by molar-refractivity contribution is -0.0169. The standard InChI is InChI=1S/C15H30/c1-7-14(5,8-2)11-13(4)15(6)10-9-12(15)3/h12-13H,7-11H2,1-6H3. The van der Waals surface area contributed by atoms with Crippen molar-refractivity contribution in [1.29, 1.82) is 0 Å². The Morgan fingerprint density at radius 3 is 2.13 bits per heavy atom. The largest absolute Gasteiger partial charge is 0.0649 e. The molecule has 3 atom stereocenters. The van der Waals surface area contributed by atoms with E-state index in [9.17, 15) is 0 Å². The topological polar surface area (TPSA) is 0 Å². The number of rotatable bonds is 5. The zero-order chi connectivity index (χ0) is 11.7. The van der Waals surface area contributed by atoms with Gasteiger partial charge in [0.2, 0.25) is 0 Å². The van der Waals surface area contributed by atoms with E-state index in [1.807, 2.05) is 0 Å². The monoisotopic (exact) mass is 210 g/mol. The van der Waals surface area contributed by atoms with Crippen molar-refractivity contribution in [3.8, 4) is 0 Å². The zero-order valence-corrected chi connectivity index (χ0v) is 11.7. The third-order valence-corrected chi connectivity index (χ3v) is 5.87. The maximum absolute atomic E-state index is 2.51. The minimum atomic E-state index is 0.581. The van der Waals surface area contributed by atoms with E-state index in [2.05, 4.69) is 41.5 Å². The van der Waals surface area contributed by atoms with Crippen molar-refractivity contribution in [2.45, 2.75) is 73.6 Å². The zero-order valence-electron chi connectivity index (χ0n) is 11.7. The van der Waals surface area contributed by atoms with Crippen LogP contribution in [0.2, 0.25) is 0 Å². The van der Waals surface area contributed by atoms with E-state index in [0.717, 1.165) is 11.8 Å². The lowest BCUT2D eigenvalue weighted by Crippen LogP contribution is -2.42. The quantitative estimate of drug-likeness (QED) is 0.579. The van der Waals surface area contributed by atoms with Crippen LogP contribution in [0.15, 0.2) is 0 Å². The summed E-state index contributed by atoms with van der Waals surface area (Å²) in [6.07, 6.45) is 6.99. The van der Waals surface area contributed by atoms with E-state index in [4.69, 9.17) is 0 Å². The summed E-state index contributed by atoms with van der Waals surface area (Å²) in [5, 5.41) is 0. The van der Waals surface area contributed by atoms with Crippen molar-refractivity contribution >= 4 is 0 Å². The molecule has 1 aliphatic carbocycles. The van der Waals surface area contributed by atoms with Gasteiger partial charge in [0.25, 0.3) is 0 Å². The summed E-state index contributed by atoms with van der Waals surface area (Å²) in [6.45, 7) is 14.6. The summed E-state index contributed by atoms with van der Waals surface area (Å²) in [6, 6.07) is 0. The van der Waals surface area contributed by atoms with Gasteiger partial charge in [-0.15, -0.1) is 0 Å². The molecule has 0 aromatic rings. The molecular weight excluding hydrogens is 180 g/mol. The molecule has 0 saturated heterocycles. The fourth-order valence-electron chi connectivity index (χ4n) is 3.13. The highest BCUT2D eigenvalue weighted by Crippen LogP contribution is 2.54. The number of hydrogen-bond donors (Lipinski definition) is 0. The molecule has 90 valence electrons. The van der Waals surface area contributed by atoms with E-state index in [1.54, 1.807) is 0 Å². The molecule has 0 aromatic carbocycles. The highest BCUT2D eigenvalue weighted by molar-refractivity contribution is 4.94. The van der Waals surface area contributed by atoms with Crippen molar-refractivity contribution in [3.63, 3.8) is 0 Å². The Balaban J connectivity index is 2.58. The normalized spacial score (nSPS) is 33.6. The van der Waals surface area contributed by atoms with Crippen LogP contribution in [0.4, 0.5) is 0 Å². The van der Waals surface area contributed by atoms with Crippen molar-refractivity contribution in [2.24, 2.45) is 22.7 Å². The lowest BCUT2D eigenvalue weighted by atomic mass is 9.54. The average Bonchev–Trinajstić information content (AvgIpc) is 2.25. The van der Waals surface area contributed by atoms with Gasteiger partial charge < -0.3 is 0 Å². The summed E-state index contributed by atoms with van der Waals surface area (Å²) in [5.74, 6) is 1.84. The Labute approximate surface area is 96.8 Å². The molecule has 0 heterocycles. The molecule has 0 radical (unpaired) electrons. The first-order valence-corrected chi connectivity index (χ1v) is 6.88. The SMILES string of the molecule is CCC(C)(CC)CC(C)C1(C)CCC1C. The maximum atomic E-state index is 2.51. The third-order valence-electron chi connectivity index (χ3n) is 5.87. The average molecular weight is 210 g/mol. The molecule has 15 heavy (non-hydrogen) atoms. The van der Waals surface area contributed by atoms with Gasteiger partial charge in [0, 0.05) is 0 Å². The van der Waals surface area contributed by atoms with E-state index in [1.165, 1.54) is 32.1 Å². The second-order valence-electron chi connectivity index (χ2n) is 6.57. The first-order valence-electron chi connectivity index (χ1n) is 6.88. The molecule has 0 bridgehead atoms. The molecule has 1 aliphatic rings.